The quantitative estimate of drug-likeness (QED) is 0.547. The molecular weight excluding hydrogens is 413 g/mol. The zero-order chi connectivity index (χ0) is 20.8. The fourth-order valence-electron chi connectivity index (χ4n) is 3.44. The zero-order valence-corrected chi connectivity index (χ0v) is 16.8. The molecule has 3 N–H and O–H groups in total. The number of aromatic hydroxyl groups is 1. The van der Waals surface area contributed by atoms with Crippen LogP contribution in [-0.2, 0) is 14.6 Å². The van der Waals surface area contributed by atoms with Gasteiger partial charge in [0.15, 0.2) is 0 Å². The highest BCUT2D eigenvalue weighted by molar-refractivity contribution is 7.94. The van der Waals surface area contributed by atoms with Gasteiger partial charge in [-0.05, 0) is 41.5 Å². The largest absolute Gasteiger partial charge is 0.508 e. The first kappa shape index (κ1) is 19.7. The lowest BCUT2D eigenvalue weighted by atomic mass is 9.99. The Morgan fingerprint density at radius 2 is 1.52 bits per heavy atom. The molecule has 1 aliphatic rings. The van der Waals surface area contributed by atoms with Crippen LogP contribution in [0.5, 0.6) is 5.75 Å². The summed E-state index contributed by atoms with van der Waals surface area (Å²) in [6, 6.07) is 19.0. The van der Waals surface area contributed by atoms with E-state index in [4.69, 9.17) is 0 Å². The van der Waals surface area contributed by atoms with Crippen molar-refractivity contribution in [3.05, 3.63) is 78.4 Å². The summed E-state index contributed by atoms with van der Waals surface area (Å²) in [6.45, 7) is 0. The molecule has 1 atom stereocenters. The van der Waals surface area contributed by atoms with Crippen LogP contribution < -0.4 is 9.61 Å². The maximum atomic E-state index is 12.3. The maximum absolute atomic E-state index is 12.3. The van der Waals surface area contributed by atoms with Gasteiger partial charge < -0.3 is 14.9 Å². The first-order chi connectivity index (χ1) is 13.7. The van der Waals surface area contributed by atoms with Crippen molar-refractivity contribution >= 4 is 28.6 Å². The average molecular weight is 431 g/mol. The van der Waals surface area contributed by atoms with Gasteiger partial charge >= 0.3 is 7.60 Å². The fourth-order valence-corrected chi connectivity index (χ4v) is 5.63. The van der Waals surface area contributed by atoms with Crippen LogP contribution in [0.4, 0.5) is 5.69 Å². The lowest BCUT2D eigenvalue weighted by molar-refractivity contribution is 0.387. The summed E-state index contributed by atoms with van der Waals surface area (Å²) in [5.41, 5.74) is 2.36. The SMILES string of the molecule is O=P(O)(O)c1ccc(-c2ccc(C3CS(=O)(=O)N3c3ccccc3)c(O)c2)cc1. The molecule has 0 radical (unpaired) electrons. The Labute approximate surface area is 168 Å². The van der Waals surface area contributed by atoms with Crippen LogP contribution in [0.1, 0.15) is 11.6 Å². The van der Waals surface area contributed by atoms with Crippen LogP contribution in [0.3, 0.4) is 0 Å². The van der Waals surface area contributed by atoms with Crippen molar-refractivity contribution in [3.63, 3.8) is 0 Å². The van der Waals surface area contributed by atoms with Crippen molar-refractivity contribution in [1.82, 2.24) is 0 Å². The highest BCUT2D eigenvalue weighted by Gasteiger charge is 2.45. The van der Waals surface area contributed by atoms with E-state index in [1.165, 1.54) is 22.5 Å². The highest BCUT2D eigenvalue weighted by atomic mass is 32.2. The predicted octanol–water partition coefficient (Wildman–Crippen LogP) is 2.75. The standard InChI is InChI=1S/C20H18NO6PS/c22-20-12-15(14-6-9-17(10-7-14)28(23,24)25)8-11-18(20)19-13-29(26,27)21(19)16-4-2-1-3-5-16/h1-12,19,22H,13H2,(H2,23,24,25). The Kier molecular flexibility index (Phi) is 4.75. The van der Waals surface area contributed by atoms with Crippen molar-refractivity contribution < 1.29 is 27.9 Å². The fraction of sp³-hybridized carbons (Fsp3) is 0.100. The number of hydrogen-bond donors (Lipinski definition) is 3. The summed E-state index contributed by atoms with van der Waals surface area (Å²) in [5, 5.41) is 10.5. The molecule has 150 valence electrons. The van der Waals surface area contributed by atoms with Gasteiger partial charge in [0.2, 0.25) is 10.0 Å². The minimum Gasteiger partial charge on any atom is -0.508 e. The van der Waals surface area contributed by atoms with Gasteiger partial charge in [0.05, 0.1) is 22.8 Å². The van der Waals surface area contributed by atoms with Crippen LogP contribution in [0, 0.1) is 0 Å². The molecule has 4 rings (SSSR count). The van der Waals surface area contributed by atoms with Gasteiger partial charge in [-0.2, -0.15) is 0 Å². The van der Waals surface area contributed by atoms with Gasteiger partial charge in [-0.15, -0.1) is 0 Å². The molecule has 7 nitrogen and oxygen atoms in total. The van der Waals surface area contributed by atoms with Crippen molar-refractivity contribution in [1.29, 1.82) is 0 Å². The van der Waals surface area contributed by atoms with Gasteiger partial charge in [0.1, 0.15) is 5.75 Å². The normalized spacial score (nSPS) is 18.3. The Morgan fingerprint density at radius 3 is 2.07 bits per heavy atom. The molecular formula is C20H18NO6PS. The van der Waals surface area contributed by atoms with Gasteiger partial charge in [-0.3, -0.25) is 8.87 Å². The van der Waals surface area contributed by atoms with E-state index in [-0.39, 0.29) is 16.8 Å². The first-order valence-corrected chi connectivity index (χ1v) is 12.0. The molecule has 0 amide bonds. The van der Waals surface area contributed by atoms with E-state index < -0.39 is 23.7 Å². The van der Waals surface area contributed by atoms with Crippen LogP contribution in [-0.4, -0.2) is 29.1 Å². The van der Waals surface area contributed by atoms with Crippen molar-refractivity contribution in [2.45, 2.75) is 6.04 Å². The summed E-state index contributed by atoms with van der Waals surface area (Å²) in [7, 11) is -7.74. The van der Waals surface area contributed by atoms with Crippen LogP contribution in [0.15, 0.2) is 72.8 Å². The highest BCUT2D eigenvalue weighted by Crippen LogP contribution is 2.43. The van der Waals surface area contributed by atoms with E-state index in [0.717, 1.165) is 0 Å². The molecule has 3 aromatic carbocycles. The molecule has 0 bridgehead atoms. The number of sulfonamides is 1. The molecule has 1 unspecified atom stereocenters. The summed E-state index contributed by atoms with van der Waals surface area (Å²) in [5.74, 6) is -0.131. The van der Waals surface area contributed by atoms with Crippen molar-refractivity contribution in [2.75, 3.05) is 10.1 Å². The second-order valence-electron chi connectivity index (χ2n) is 6.79. The van der Waals surface area contributed by atoms with E-state index in [2.05, 4.69) is 0 Å². The van der Waals surface area contributed by atoms with Crippen molar-refractivity contribution in [2.24, 2.45) is 0 Å². The smallest absolute Gasteiger partial charge is 0.356 e. The van der Waals surface area contributed by atoms with E-state index in [9.17, 15) is 27.9 Å². The molecule has 3 aromatic rings. The molecule has 1 heterocycles. The molecule has 29 heavy (non-hydrogen) atoms. The Hall–Kier alpha value is -2.64. The Balaban J connectivity index is 1.65. The minimum absolute atomic E-state index is 0.0394. The molecule has 1 aliphatic heterocycles. The predicted molar refractivity (Wildman–Crippen MR) is 111 cm³/mol. The van der Waals surface area contributed by atoms with E-state index in [1.807, 2.05) is 0 Å². The van der Waals surface area contributed by atoms with Gasteiger partial charge in [-0.1, -0.05) is 42.5 Å². The second kappa shape index (κ2) is 7.00. The van der Waals surface area contributed by atoms with Gasteiger partial charge in [-0.25, -0.2) is 8.42 Å². The van der Waals surface area contributed by atoms with Gasteiger partial charge in [0.25, 0.3) is 0 Å². The lowest BCUT2D eigenvalue weighted by Crippen LogP contribution is -2.50. The average Bonchev–Trinajstić information content (AvgIpc) is 2.67. The molecule has 0 saturated carbocycles. The second-order valence-corrected chi connectivity index (χ2v) is 10.3. The summed E-state index contributed by atoms with van der Waals surface area (Å²) in [6.07, 6.45) is 0. The third kappa shape index (κ3) is 3.68. The van der Waals surface area contributed by atoms with E-state index in [1.54, 1.807) is 54.6 Å². The third-order valence-electron chi connectivity index (χ3n) is 4.89. The lowest BCUT2D eigenvalue weighted by Gasteiger charge is -2.41. The molecule has 0 spiro atoms. The molecule has 1 saturated heterocycles. The van der Waals surface area contributed by atoms with E-state index >= 15 is 0 Å². The summed E-state index contributed by atoms with van der Waals surface area (Å²) in [4.78, 5) is 18.4. The van der Waals surface area contributed by atoms with Crippen LogP contribution in [0.2, 0.25) is 0 Å². The molecule has 9 heteroatoms. The van der Waals surface area contributed by atoms with Gasteiger partial charge in [0, 0.05) is 5.56 Å². The van der Waals surface area contributed by atoms with Crippen LogP contribution >= 0.6 is 7.60 Å². The minimum atomic E-state index is -4.32. The van der Waals surface area contributed by atoms with Crippen LogP contribution in [0.25, 0.3) is 11.1 Å². The number of phenols is 1. The molecule has 0 aromatic heterocycles. The number of phenolic OH excluding ortho intramolecular Hbond substituents is 1. The number of anilines is 1. The molecule has 1 fully saturated rings. The van der Waals surface area contributed by atoms with Crippen molar-refractivity contribution in [3.8, 4) is 16.9 Å². The number of para-hydroxylation sites is 1. The monoisotopic (exact) mass is 431 g/mol. The first-order valence-electron chi connectivity index (χ1n) is 8.73. The Morgan fingerprint density at radius 1 is 0.897 bits per heavy atom. The number of rotatable bonds is 4. The number of hydrogen-bond acceptors (Lipinski definition) is 4. The summed E-state index contributed by atoms with van der Waals surface area (Å²) < 4.78 is 37.2. The summed E-state index contributed by atoms with van der Waals surface area (Å²) >= 11 is 0. The molecule has 0 aliphatic carbocycles. The third-order valence-corrected chi connectivity index (χ3v) is 7.66. The van der Waals surface area contributed by atoms with E-state index in [0.29, 0.717) is 22.4 Å². The number of nitrogens with zero attached hydrogens (tertiary/aromatic N) is 1. The zero-order valence-electron chi connectivity index (χ0n) is 15.1. The maximum Gasteiger partial charge on any atom is 0.356 e. The Bertz CT molecular complexity index is 1210. The topological polar surface area (TPSA) is 115 Å². The number of benzene rings is 3.